The standard InChI is InChI=1S/C20H25NO2/c1-3-18(20(22)21(2)16-11-5-6-12-16)23-19-14-8-10-15-9-4-7-13-17(15)19/h4,7-10,13-14,16,18H,3,5-6,11-12H2,1-2H3. The first kappa shape index (κ1) is 15.9. The molecule has 0 aromatic heterocycles. The molecule has 3 nitrogen and oxygen atoms in total. The maximum absolute atomic E-state index is 12.8. The fourth-order valence-corrected chi connectivity index (χ4v) is 3.46. The molecule has 3 heteroatoms. The summed E-state index contributed by atoms with van der Waals surface area (Å²) >= 11 is 0. The van der Waals surface area contributed by atoms with E-state index in [0.717, 1.165) is 29.4 Å². The Kier molecular flexibility index (Phi) is 4.85. The topological polar surface area (TPSA) is 29.5 Å². The third-order valence-electron chi connectivity index (χ3n) is 4.89. The minimum atomic E-state index is -0.411. The predicted octanol–water partition coefficient (Wildman–Crippen LogP) is 4.40. The van der Waals surface area contributed by atoms with Gasteiger partial charge in [0.15, 0.2) is 6.10 Å². The van der Waals surface area contributed by atoms with Crippen LogP contribution in [0.15, 0.2) is 42.5 Å². The molecule has 1 fully saturated rings. The number of nitrogens with zero attached hydrogens (tertiary/aromatic N) is 1. The first-order chi connectivity index (χ1) is 11.2. The molecule has 0 spiro atoms. The van der Waals surface area contributed by atoms with Crippen molar-refractivity contribution in [2.75, 3.05) is 7.05 Å². The highest BCUT2D eigenvalue weighted by Crippen LogP contribution is 2.28. The van der Waals surface area contributed by atoms with Crippen LogP contribution in [0.4, 0.5) is 0 Å². The third-order valence-corrected chi connectivity index (χ3v) is 4.89. The minimum Gasteiger partial charge on any atom is -0.480 e. The summed E-state index contributed by atoms with van der Waals surface area (Å²) in [7, 11) is 1.92. The molecule has 122 valence electrons. The van der Waals surface area contributed by atoms with Gasteiger partial charge in [0, 0.05) is 18.5 Å². The highest BCUT2D eigenvalue weighted by molar-refractivity contribution is 5.89. The summed E-state index contributed by atoms with van der Waals surface area (Å²) in [4.78, 5) is 14.7. The molecule has 1 aliphatic rings. The van der Waals surface area contributed by atoms with Gasteiger partial charge in [0.1, 0.15) is 5.75 Å². The quantitative estimate of drug-likeness (QED) is 0.819. The number of ether oxygens (including phenoxy) is 1. The molecule has 3 rings (SSSR count). The Hall–Kier alpha value is -2.03. The van der Waals surface area contributed by atoms with Gasteiger partial charge in [0.25, 0.3) is 5.91 Å². The lowest BCUT2D eigenvalue weighted by Crippen LogP contribution is -2.44. The molecule has 23 heavy (non-hydrogen) atoms. The molecule has 0 saturated heterocycles. The summed E-state index contributed by atoms with van der Waals surface area (Å²) in [5, 5.41) is 2.20. The Morgan fingerprint density at radius 2 is 1.87 bits per heavy atom. The summed E-state index contributed by atoms with van der Waals surface area (Å²) in [5.74, 6) is 0.899. The van der Waals surface area contributed by atoms with Crippen molar-refractivity contribution < 1.29 is 9.53 Å². The van der Waals surface area contributed by atoms with E-state index >= 15 is 0 Å². The van der Waals surface area contributed by atoms with Crippen LogP contribution in [0.25, 0.3) is 10.8 Å². The minimum absolute atomic E-state index is 0.104. The Morgan fingerprint density at radius 3 is 2.61 bits per heavy atom. The van der Waals surface area contributed by atoms with Crippen LogP contribution < -0.4 is 4.74 Å². The van der Waals surface area contributed by atoms with Gasteiger partial charge >= 0.3 is 0 Å². The molecule has 1 unspecified atom stereocenters. The zero-order chi connectivity index (χ0) is 16.2. The highest BCUT2D eigenvalue weighted by atomic mass is 16.5. The van der Waals surface area contributed by atoms with E-state index in [-0.39, 0.29) is 5.91 Å². The van der Waals surface area contributed by atoms with Gasteiger partial charge < -0.3 is 9.64 Å². The van der Waals surface area contributed by atoms with Crippen molar-refractivity contribution >= 4 is 16.7 Å². The van der Waals surface area contributed by atoms with E-state index in [1.807, 2.05) is 49.2 Å². The van der Waals surface area contributed by atoms with Crippen LogP contribution in [0.2, 0.25) is 0 Å². The van der Waals surface area contributed by atoms with Crippen molar-refractivity contribution in [2.24, 2.45) is 0 Å². The SMILES string of the molecule is CCC(Oc1cccc2ccccc12)C(=O)N(C)C1CCCC1. The molecule has 0 heterocycles. The van der Waals surface area contributed by atoms with Gasteiger partial charge in [-0.2, -0.15) is 0 Å². The average Bonchev–Trinajstić information content (AvgIpc) is 3.13. The fourth-order valence-electron chi connectivity index (χ4n) is 3.46. The van der Waals surface area contributed by atoms with Crippen LogP contribution in [0, 0.1) is 0 Å². The number of benzene rings is 2. The lowest BCUT2D eigenvalue weighted by molar-refractivity contribution is -0.139. The van der Waals surface area contributed by atoms with Gasteiger partial charge in [-0.3, -0.25) is 4.79 Å². The van der Waals surface area contributed by atoms with Gasteiger partial charge in [-0.15, -0.1) is 0 Å². The molecule has 2 aromatic carbocycles. The molecule has 0 aliphatic heterocycles. The van der Waals surface area contributed by atoms with Crippen molar-refractivity contribution in [3.63, 3.8) is 0 Å². The maximum atomic E-state index is 12.8. The number of fused-ring (bicyclic) bond motifs is 1. The van der Waals surface area contributed by atoms with Gasteiger partial charge in [-0.25, -0.2) is 0 Å². The van der Waals surface area contributed by atoms with Crippen LogP contribution in [0.5, 0.6) is 5.75 Å². The Labute approximate surface area is 138 Å². The Bertz CT molecular complexity index is 671. The zero-order valence-corrected chi connectivity index (χ0v) is 14.0. The van der Waals surface area contributed by atoms with Crippen molar-refractivity contribution in [1.82, 2.24) is 4.90 Å². The molecule has 2 aromatic rings. The Morgan fingerprint density at radius 1 is 1.17 bits per heavy atom. The number of likely N-dealkylation sites (N-methyl/N-ethyl adjacent to an activating group) is 1. The van der Waals surface area contributed by atoms with Crippen LogP contribution in [-0.2, 0) is 4.79 Å². The maximum Gasteiger partial charge on any atom is 0.263 e. The molecular weight excluding hydrogens is 286 g/mol. The van der Waals surface area contributed by atoms with Gasteiger partial charge in [-0.05, 0) is 30.7 Å². The van der Waals surface area contributed by atoms with Crippen LogP contribution in [0.3, 0.4) is 0 Å². The first-order valence-electron chi connectivity index (χ1n) is 8.61. The van der Waals surface area contributed by atoms with E-state index in [2.05, 4.69) is 12.1 Å². The summed E-state index contributed by atoms with van der Waals surface area (Å²) in [6.07, 6.45) is 4.96. The summed E-state index contributed by atoms with van der Waals surface area (Å²) in [5.41, 5.74) is 0. The van der Waals surface area contributed by atoms with E-state index in [4.69, 9.17) is 4.74 Å². The first-order valence-corrected chi connectivity index (χ1v) is 8.61. The van der Waals surface area contributed by atoms with Gasteiger partial charge in [-0.1, -0.05) is 56.2 Å². The molecule has 0 N–H and O–H groups in total. The van der Waals surface area contributed by atoms with E-state index in [9.17, 15) is 4.79 Å². The van der Waals surface area contributed by atoms with E-state index < -0.39 is 6.10 Å². The molecule has 0 radical (unpaired) electrons. The molecule has 1 atom stereocenters. The number of hydrogen-bond acceptors (Lipinski definition) is 2. The number of amides is 1. The summed E-state index contributed by atoms with van der Waals surface area (Å²) < 4.78 is 6.13. The summed E-state index contributed by atoms with van der Waals surface area (Å²) in [6, 6.07) is 14.5. The van der Waals surface area contributed by atoms with Crippen molar-refractivity contribution in [2.45, 2.75) is 51.2 Å². The summed E-state index contributed by atoms with van der Waals surface area (Å²) in [6.45, 7) is 2.01. The second-order valence-electron chi connectivity index (χ2n) is 6.38. The third kappa shape index (κ3) is 3.34. The zero-order valence-electron chi connectivity index (χ0n) is 14.0. The second-order valence-corrected chi connectivity index (χ2v) is 6.38. The number of rotatable bonds is 5. The van der Waals surface area contributed by atoms with Crippen molar-refractivity contribution in [1.29, 1.82) is 0 Å². The van der Waals surface area contributed by atoms with Crippen LogP contribution in [-0.4, -0.2) is 30.0 Å². The van der Waals surface area contributed by atoms with Gasteiger partial charge in [0.05, 0.1) is 0 Å². The van der Waals surface area contributed by atoms with Gasteiger partial charge in [0.2, 0.25) is 0 Å². The molecule has 1 aliphatic carbocycles. The number of hydrogen-bond donors (Lipinski definition) is 0. The average molecular weight is 311 g/mol. The van der Waals surface area contributed by atoms with Crippen molar-refractivity contribution in [3.8, 4) is 5.75 Å². The van der Waals surface area contributed by atoms with E-state index in [1.54, 1.807) is 0 Å². The fraction of sp³-hybridized carbons (Fsp3) is 0.450. The van der Waals surface area contributed by atoms with Crippen LogP contribution >= 0.6 is 0 Å². The number of carbonyl (C=O) groups is 1. The van der Waals surface area contributed by atoms with Crippen LogP contribution in [0.1, 0.15) is 39.0 Å². The largest absolute Gasteiger partial charge is 0.480 e. The van der Waals surface area contributed by atoms with Crippen molar-refractivity contribution in [3.05, 3.63) is 42.5 Å². The predicted molar refractivity (Wildman–Crippen MR) is 93.7 cm³/mol. The molecular formula is C20H25NO2. The van der Waals surface area contributed by atoms with E-state index in [1.165, 1.54) is 12.8 Å². The highest BCUT2D eigenvalue weighted by Gasteiger charge is 2.29. The number of carbonyl (C=O) groups excluding carboxylic acids is 1. The lowest BCUT2D eigenvalue weighted by atomic mass is 10.1. The molecule has 1 saturated carbocycles. The Balaban J connectivity index is 1.79. The monoisotopic (exact) mass is 311 g/mol. The molecule has 1 amide bonds. The van der Waals surface area contributed by atoms with E-state index in [0.29, 0.717) is 12.5 Å². The smallest absolute Gasteiger partial charge is 0.263 e. The lowest BCUT2D eigenvalue weighted by Gasteiger charge is -2.28. The second kappa shape index (κ2) is 7.03. The normalized spacial score (nSPS) is 16.4. The molecule has 0 bridgehead atoms.